The molecule has 1 heterocycles. The van der Waals surface area contributed by atoms with Crippen LogP contribution in [0.1, 0.15) is 18.4 Å². The van der Waals surface area contributed by atoms with Crippen LogP contribution in [0.3, 0.4) is 0 Å². The van der Waals surface area contributed by atoms with Crippen LogP contribution in [0, 0.1) is 5.92 Å². The lowest BCUT2D eigenvalue weighted by Crippen LogP contribution is -2.41. The first-order valence-electron chi connectivity index (χ1n) is 6.55. The molecule has 4 N–H and O–H groups in total. The van der Waals surface area contributed by atoms with E-state index in [1.54, 1.807) is 7.11 Å². The van der Waals surface area contributed by atoms with Gasteiger partial charge >= 0.3 is 0 Å². The fraction of sp³-hybridized carbons (Fsp3) is 0.429. The lowest BCUT2D eigenvalue weighted by molar-refractivity contribution is -0.122. The Labute approximate surface area is 123 Å². The smallest absolute Gasteiger partial charge is 0.222 e. The summed E-state index contributed by atoms with van der Waals surface area (Å²) < 4.78 is 5.25. The van der Waals surface area contributed by atoms with Crippen molar-refractivity contribution >= 4 is 28.8 Å². The molecule has 1 aliphatic heterocycles. The molecular weight excluding hydrogens is 274 g/mol. The number of benzene rings is 1. The maximum Gasteiger partial charge on any atom is 0.222 e. The lowest BCUT2D eigenvalue weighted by atomic mass is 9.96. The molecule has 2 rings (SSSR count). The number of amides is 1. The zero-order valence-corrected chi connectivity index (χ0v) is 12.3. The highest BCUT2D eigenvalue weighted by molar-refractivity contribution is 7.80. The van der Waals surface area contributed by atoms with Crippen LogP contribution in [0.25, 0.3) is 0 Å². The molecule has 1 amide bonds. The Balaban J connectivity index is 2.34. The molecule has 0 radical (unpaired) electrons. The molecule has 0 spiro atoms. The fourth-order valence-electron chi connectivity index (χ4n) is 2.54. The van der Waals surface area contributed by atoms with Crippen LogP contribution in [0.4, 0.5) is 5.69 Å². The number of carbonyl (C=O) groups excluding carboxylic acids is 1. The monoisotopic (exact) mass is 293 g/mol. The zero-order chi connectivity index (χ0) is 14.7. The molecule has 1 aliphatic rings. The first-order valence-corrected chi connectivity index (χ1v) is 6.96. The standard InChI is InChI=1S/C14H19N3O2S/c1-19-10-4-5-11(14(16)20)12(7-10)17-6-2-3-9(8-17)13(15)18/h4-5,7,9H,2-3,6,8H2,1H3,(H2,15,18)(H2,16,20). The number of rotatable bonds is 4. The van der Waals surface area contributed by atoms with Gasteiger partial charge in [-0.15, -0.1) is 0 Å². The average Bonchev–Trinajstić information content (AvgIpc) is 2.46. The Kier molecular flexibility index (Phi) is 4.44. The third kappa shape index (κ3) is 3.01. The number of nitrogens with zero attached hydrogens (tertiary/aromatic N) is 1. The molecule has 1 aromatic rings. The van der Waals surface area contributed by atoms with Gasteiger partial charge in [0.25, 0.3) is 0 Å². The molecule has 1 atom stereocenters. The highest BCUT2D eigenvalue weighted by atomic mass is 32.1. The Morgan fingerprint density at radius 3 is 2.80 bits per heavy atom. The van der Waals surface area contributed by atoms with Crippen LogP contribution < -0.4 is 21.1 Å². The second-order valence-corrected chi connectivity index (χ2v) is 5.37. The molecule has 1 aromatic carbocycles. The number of carbonyl (C=O) groups is 1. The summed E-state index contributed by atoms with van der Waals surface area (Å²) in [4.78, 5) is 13.8. The van der Waals surface area contributed by atoms with E-state index in [0.717, 1.165) is 36.4 Å². The van der Waals surface area contributed by atoms with E-state index < -0.39 is 0 Å². The number of hydrogen-bond donors (Lipinski definition) is 2. The molecule has 108 valence electrons. The highest BCUT2D eigenvalue weighted by Crippen LogP contribution is 2.30. The predicted molar refractivity (Wildman–Crippen MR) is 83.0 cm³/mol. The molecule has 6 heteroatoms. The van der Waals surface area contributed by atoms with Gasteiger partial charge in [-0.05, 0) is 25.0 Å². The van der Waals surface area contributed by atoms with Gasteiger partial charge in [0.2, 0.25) is 5.91 Å². The van der Waals surface area contributed by atoms with Crippen molar-refractivity contribution in [2.75, 3.05) is 25.1 Å². The van der Waals surface area contributed by atoms with Crippen molar-refractivity contribution < 1.29 is 9.53 Å². The van der Waals surface area contributed by atoms with Crippen LogP contribution in [-0.4, -0.2) is 31.1 Å². The van der Waals surface area contributed by atoms with E-state index >= 15 is 0 Å². The van der Waals surface area contributed by atoms with E-state index in [0.29, 0.717) is 11.5 Å². The topological polar surface area (TPSA) is 81.6 Å². The van der Waals surface area contributed by atoms with Gasteiger partial charge in [-0.25, -0.2) is 0 Å². The Hall–Kier alpha value is -1.82. The Morgan fingerprint density at radius 1 is 1.45 bits per heavy atom. The van der Waals surface area contributed by atoms with E-state index in [2.05, 4.69) is 4.90 Å². The van der Waals surface area contributed by atoms with E-state index in [1.165, 1.54) is 0 Å². The number of hydrogen-bond acceptors (Lipinski definition) is 4. The molecule has 5 nitrogen and oxygen atoms in total. The van der Waals surface area contributed by atoms with Gasteiger partial charge in [-0.2, -0.15) is 0 Å². The second kappa shape index (κ2) is 6.09. The number of ether oxygens (including phenoxy) is 1. The van der Waals surface area contributed by atoms with Gasteiger partial charge in [0.1, 0.15) is 10.7 Å². The second-order valence-electron chi connectivity index (χ2n) is 4.93. The van der Waals surface area contributed by atoms with Gasteiger partial charge < -0.3 is 21.1 Å². The van der Waals surface area contributed by atoms with E-state index in [9.17, 15) is 4.79 Å². The normalized spacial score (nSPS) is 18.6. The number of anilines is 1. The SMILES string of the molecule is COc1ccc(C(N)=S)c(N2CCCC(C(N)=O)C2)c1. The zero-order valence-electron chi connectivity index (χ0n) is 11.5. The molecule has 1 fully saturated rings. The van der Waals surface area contributed by atoms with E-state index in [-0.39, 0.29) is 11.8 Å². The van der Waals surface area contributed by atoms with Crippen LogP contribution >= 0.6 is 12.2 Å². The minimum absolute atomic E-state index is 0.130. The lowest BCUT2D eigenvalue weighted by Gasteiger charge is -2.34. The maximum atomic E-state index is 11.4. The Morgan fingerprint density at radius 2 is 2.20 bits per heavy atom. The van der Waals surface area contributed by atoms with Crippen molar-refractivity contribution in [3.05, 3.63) is 23.8 Å². The first kappa shape index (κ1) is 14.6. The quantitative estimate of drug-likeness (QED) is 0.810. The summed E-state index contributed by atoms with van der Waals surface area (Å²) in [5, 5.41) is 0. The summed E-state index contributed by atoms with van der Waals surface area (Å²) >= 11 is 5.10. The summed E-state index contributed by atoms with van der Waals surface area (Å²) in [7, 11) is 1.61. The van der Waals surface area contributed by atoms with Gasteiger partial charge in [0, 0.05) is 24.7 Å². The molecule has 1 unspecified atom stereocenters. The number of piperidine rings is 1. The van der Waals surface area contributed by atoms with Crippen molar-refractivity contribution in [2.24, 2.45) is 17.4 Å². The van der Waals surface area contributed by atoms with Crippen LogP contribution in [-0.2, 0) is 4.79 Å². The van der Waals surface area contributed by atoms with Crippen molar-refractivity contribution in [1.29, 1.82) is 0 Å². The minimum Gasteiger partial charge on any atom is -0.497 e. The van der Waals surface area contributed by atoms with Crippen molar-refractivity contribution in [3.63, 3.8) is 0 Å². The van der Waals surface area contributed by atoms with Crippen LogP contribution in [0.5, 0.6) is 5.75 Å². The van der Waals surface area contributed by atoms with Gasteiger partial charge in [-0.1, -0.05) is 12.2 Å². The van der Waals surface area contributed by atoms with Gasteiger partial charge in [0.15, 0.2) is 0 Å². The van der Waals surface area contributed by atoms with Crippen molar-refractivity contribution in [2.45, 2.75) is 12.8 Å². The molecular formula is C14H19N3O2S. The first-order chi connectivity index (χ1) is 9.52. The summed E-state index contributed by atoms with van der Waals surface area (Å²) in [6.45, 7) is 1.45. The predicted octanol–water partition coefficient (Wildman–Crippen LogP) is 1.03. The van der Waals surface area contributed by atoms with Gasteiger partial charge in [0.05, 0.1) is 18.7 Å². The van der Waals surface area contributed by atoms with Gasteiger partial charge in [-0.3, -0.25) is 4.79 Å². The summed E-state index contributed by atoms with van der Waals surface area (Å²) in [6, 6.07) is 5.58. The minimum atomic E-state index is -0.255. The molecule has 20 heavy (non-hydrogen) atoms. The number of primary amides is 1. The third-order valence-corrected chi connectivity index (χ3v) is 3.85. The Bertz CT molecular complexity index is 533. The molecule has 0 bridgehead atoms. The fourth-order valence-corrected chi connectivity index (χ4v) is 2.71. The van der Waals surface area contributed by atoms with E-state index in [1.807, 2.05) is 18.2 Å². The third-order valence-electron chi connectivity index (χ3n) is 3.63. The van der Waals surface area contributed by atoms with Crippen LogP contribution in [0.15, 0.2) is 18.2 Å². The number of thiocarbonyl (C=S) groups is 1. The summed E-state index contributed by atoms with van der Waals surface area (Å²) in [5.41, 5.74) is 12.9. The molecule has 0 aliphatic carbocycles. The average molecular weight is 293 g/mol. The number of nitrogens with two attached hydrogens (primary N) is 2. The van der Waals surface area contributed by atoms with Crippen LogP contribution in [0.2, 0.25) is 0 Å². The van der Waals surface area contributed by atoms with E-state index in [4.69, 9.17) is 28.4 Å². The highest BCUT2D eigenvalue weighted by Gasteiger charge is 2.26. The largest absolute Gasteiger partial charge is 0.497 e. The maximum absolute atomic E-state index is 11.4. The number of methoxy groups -OCH3 is 1. The molecule has 0 saturated carbocycles. The molecule has 1 saturated heterocycles. The van der Waals surface area contributed by atoms with Crippen molar-refractivity contribution in [3.8, 4) is 5.75 Å². The summed E-state index contributed by atoms with van der Waals surface area (Å²) in [5.74, 6) is 0.352. The van der Waals surface area contributed by atoms with Crippen molar-refractivity contribution in [1.82, 2.24) is 0 Å². The molecule has 0 aromatic heterocycles. The summed E-state index contributed by atoms with van der Waals surface area (Å²) in [6.07, 6.45) is 1.75.